The first kappa shape index (κ1) is 12.7. The van der Waals surface area contributed by atoms with E-state index in [9.17, 15) is 4.79 Å². The molecule has 0 saturated heterocycles. The molecular weight excluding hydrogens is 224 g/mol. The van der Waals surface area contributed by atoms with Crippen molar-refractivity contribution in [1.29, 1.82) is 0 Å². The summed E-state index contributed by atoms with van der Waals surface area (Å²) in [5.41, 5.74) is 2.88. The Morgan fingerprint density at radius 3 is 2.81 bits per heavy atom. The van der Waals surface area contributed by atoms with Crippen LogP contribution in [0, 0.1) is 5.92 Å². The maximum atomic E-state index is 11.6. The van der Waals surface area contributed by atoms with Crippen LogP contribution in [-0.2, 0) is 0 Å². The zero-order chi connectivity index (χ0) is 12.0. The van der Waals surface area contributed by atoms with Gasteiger partial charge in [-0.05, 0) is 24.5 Å². The predicted octanol–water partition coefficient (Wildman–Crippen LogP) is 3.10. The minimum absolute atomic E-state index is 0.286. The molecule has 1 aromatic rings. The average molecular weight is 239 g/mol. The molecule has 1 amide bonds. The Labute approximate surface area is 101 Å². The number of hydrogen-bond donors (Lipinski definition) is 1. The standard InChI is InChI=1S/C12H15ClN2O/c1-9(2)7-8-14-15-12(16)10-5-3-4-6-11(10)13/h3-6,8-9H,7H2,1-2H3,(H,15,16)/b14-8+. The molecule has 0 spiro atoms. The van der Waals surface area contributed by atoms with Crippen LogP contribution >= 0.6 is 11.6 Å². The number of benzene rings is 1. The Bertz CT molecular complexity index is 388. The van der Waals surface area contributed by atoms with Gasteiger partial charge in [-0.25, -0.2) is 5.43 Å². The van der Waals surface area contributed by atoms with Crippen molar-refractivity contribution in [1.82, 2.24) is 5.43 Å². The molecule has 0 aromatic heterocycles. The molecule has 1 rings (SSSR count). The Hall–Kier alpha value is -1.35. The van der Waals surface area contributed by atoms with Crippen molar-refractivity contribution >= 4 is 23.7 Å². The van der Waals surface area contributed by atoms with Crippen LogP contribution < -0.4 is 5.43 Å². The Morgan fingerprint density at radius 2 is 2.19 bits per heavy atom. The van der Waals surface area contributed by atoms with Gasteiger partial charge in [-0.3, -0.25) is 4.79 Å². The van der Waals surface area contributed by atoms with E-state index in [2.05, 4.69) is 24.4 Å². The van der Waals surface area contributed by atoms with Gasteiger partial charge in [-0.1, -0.05) is 37.6 Å². The van der Waals surface area contributed by atoms with Gasteiger partial charge in [0.15, 0.2) is 0 Å². The van der Waals surface area contributed by atoms with Gasteiger partial charge in [-0.2, -0.15) is 5.10 Å². The van der Waals surface area contributed by atoms with E-state index in [1.807, 2.05) is 0 Å². The lowest BCUT2D eigenvalue weighted by molar-refractivity contribution is 0.0955. The number of hydrazone groups is 1. The summed E-state index contributed by atoms with van der Waals surface area (Å²) in [6, 6.07) is 6.88. The van der Waals surface area contributed by atoms with Gasteiger partial charge in [0, 0.05) is 6.21 Å². The molecule has 1 aromatic carbocycles. The quantitative estimate of drug-likeness (QED) is 0.636. The monoisotopic (exact) mass is 238 g/mol. The normalized spacial score (nSPS) is 11.0. The van der Waals surface area contributed by atoms with E-state index in [0.717, 1.165) is 6.42 Å². The van der Waals surface area contributed by atoms with Crippen molar-refractivity contribution < 1.29 is 4.79 Å². The first-order valence-corrected chi connectivity index (χ1v) is 5.55. The van der Waals surface area contributed by atoms with E-state index in [0.29, 0.717) is 16.5 Å². The summed E-state index contributed by atoms with van der Waals surface area (Å²) in [5, 5.41) is 4.28. The molecule has 0 saturated carbocycles. The molecular formula is C12H15ClN2O. The van der Waals surface area contributed by atoms with Crippen LogP contribution in [0.4, 0.5) is 0 Å². The molecule has 0 atom stereocenters. The van der Waals surface area contributed by atoms with Crippen LogP contribution in [0.3, 0.4) is 0 Å². The van der Waals surface area contributed by atoms with Gasteiger partial charge in [0.2, 0.25) is 0 Å². The molecule has 4 heteroatoms. The molecule has 0 aliphatic heterocycles. The van der Waals surface area contributed by atoms with Crippen molar-refractivity contribution in [3.05, 3.63) is 34.9 Å². The second kappa shape index (κ2) is 6.28. The first-order valence-electron chi connectivity index (χ1n) is 5.17. The lowest BCUT2D eigenvalue weighted by atomic mass is 10.2. The molecule has 0 radical (unpaired) electrons. The van der Waals surface area contributed by atoms with Gasteiger partial charge in [0.1, 0.15) is 0 Å². The summed E-state index contributed by atoms with van der Waals surface area (Å²) in [6.07, 6.45) is 2.53. The Balaban J connectivity index is 2.54. The van der Waals surface area contributed by atoms with Crippen LogP contribution in [0.1, 0.15) is 30.6 Å². The molecule has 0 aliphatic carbocycles. The molecule has 0 bridgehead atoms. The zero-order valence-corrected chi connectivity index (χ0v) is 10.2. The molecule has 0 heterocycles. The highest BCUT2D eigenvalue weighted by Gasteiger charge is 2.07. The van der Waals surface area contributed by atoms with Crippen molar-refractivity contribution in [2.24, 2.45) is 11.0 Å². The van der Waals surface area contributed by atoms with Gasteiger partial charge >= 0.3 is 0 Å². The van der Waals surface area contributed by atoms with Crippen molar-refractivity contribution in [3.63, 3.8) is 0 Å². The summed E-state index contributed by atoms with van der Waals surface area (Å²) < 4.78 is 0. The van der Waals surface area contributed by atoms with E-state index in [4.69, 9.17) is 11.6 Å². The summed E-state index contributed by atoms with van der Waals surface area (Å²) in [4.78, 5) is 11.6. The number of halogens is 1. The minimum Gasteiger partial charge on any atom is -0.267 e. The lowest BCUT2D eigenvalue weighted by Gasteiger charge is -2.02. The van der Waals surface area contributed by atoms with E-state index in [-0.39, 0.29) is 5.91 Å². The van der Waals surface area contributed by atoms with E-state index < -0.39 is 0 Å². The SMILES string of the molecule is CC(C)C/C=N/NC(=O)c1ccccc1Cl. The van der Waals surface area contributed by atoms with Crippen LogP contribution in [0.25, 0.3) is 0 Å². The second-order valence-corrected chi connectivity index (χ2v) is 4.27. The second-order valence-electron chi connectivity index (χ2n) is 3.86. The average Bonchev–Trinajstić information content (AvgIpc) is 2.24. The number of amides is 1. The van der Waals surface area contributed by atoms with Crippen molar-refractivity contribution in [2.45, 2.75) is 20.3 Å². The number of carbonyl (C=O) groups excluding carboxylic acids is 1. The molecule has 0 unspecified atom stereocenters. The summed E-state index contributed by atoms with van der Waals surface area (Å²) >= 11 is 5.87. The van der Waals surface area contributed by atoms with Crippen LogP contribution in [0.15, 0.2) is 29.4 Å². The number of nitrogens with one attached hydrogen (secondary N) is 1. The third-order valence-corrected chi connectivity index (χ3v) is 2.28. The van der Waals surface area contributed by atoms with Gasteiger partial charge in [-0.15, -0.1) is 0 Å². The smallest absolute Gasteiger partial charge is 0.267 e. The molecule has 0 fully saturated rings. The third kappa shape index (κ3) is 4.03. The number of hydrogen-bond acceptors (Lipinski definition) is 2. The summed E-state index contributed by atoms with van der Waals surface area (Å²) in [7, 11) is 0. The molecule has 16 heavy (non-hydrogen) atoms. The van der Waals surface area contributed by atoms with Crippen molar-refractivity contribution in [2.75, 3.05) is 0 Å². The van der Waals surface area contributed by atoms with E-state index >= 15 is 0 Å². The fourth-order valence-electron chi connectivity index (χ4n) is 1.07. The molecule has 86 valence electrons. The predicted molar refractivity (Wildman–Crippen MR) is 66.9 cm³/mol. The van der Waals surface area contributed by atoms with Crippen molar-refractivity contribution in [3.8, 4) is 0 Å². The largest absolute Gasteiger partial charge is 0.272 e. The minimum atomic E-state index is -0.286. The fourth-order valence-corrected chi connectivity index (χ4v) is 1.29. The lowest BCUT2D eigenvalue weighted by Crippen LogP contribution is -2.17. The maximum absolute atomic E-state index is 11.6. The van der Waals surface area contributed by atoms with Gasteiger partial charge < -0.3 is 0 Å². The van der Waals surface area contributed by atoms with E-state index in [1.165, 1.54) is 0 Å². The van der Waals surface area contributed by atoms with Gasteiger partial charge in [0.05, 0.1) is 10.6 Å². The Kier molecular flexibility index (Phi) is 4.99. The zero-order valence-electron chi connectivity index (χ0n) is 9.40. The number of rotatable bonds is 4. The molecule has 0 aliphatic rings. The summed E-state index contributed by atoms with van der Waals surface area (Å²) in [6.45, 7) is 4.17. The maximum Gasteiger partial charge on any atom is 0.272 e. The summed E-state index contributed by atoms with van der Waals surface area (Å²) in [5.74, 6) is 0.242. The molecule has 3 nitrogen and oxygen atoms in total. The molecule has 1 N–H and O–H groups in total. The van der Waals surface area contributed by atoms with Crippen LogP contribution in [0.5, 0.6) is 0 Å². The highest BCUT2D eigenvalue weighted by Crippen LogP contribution is 2.14. The third-order valence-electron chi connectivity index (χ3n) is 1.95. The topological polar surface area (TPSA) is 41.5 Å². The van der Waals surface area contributed by atoms with Crippen LogP contribution in [0.2, 0.25) is 5.02 Å². The first-order chi connectivity index (χ1) is 7.61. The number of carbonyl (C=O) groups is 1. The highest BCUT2D eigenvalue weighted by atomic mass is 35.5. The highest BCUT2D eigenvalue weighted by molar-refractivity contribution is 6.33. The Morgan fingerprint density at radius 1 is 1.50 bits per heavy atom. The van der Waals surface area contributed by atoms with E-state index in [1.54, 1.807) is 30.5 Å². The van der Waals surface area contributed by atoms with Crippen LogP contribution in [-0.4, -0.2) is 12.1 Å². The fraction of sp³-hybridized carbons (Fsp3) is 0.333. The number of nitrogens with zero attached hydrogens (tertiary/aromatic N) is 1. The van der Waals surface area contributed by atoms with Gasteiger partial charge in [0.25, 0.3) is 5.91 Å².